The molecule has 3 aromatic carbocycles. The lowest BCUT2D eigenvalue weighted by Crippen LogP contribution is -2.18. The summed E-state index contributed by atoms with van der Waals surface area (Å²) in [4.78, 5) is 0. The molecule has 4 nitrogen and oxygen atoms in total. The van der Waals surface area contributed by atoms with Crippen LogP contribution < -0.4 is 9.47 Å². The third kappa shape index (κ3) is 2.88. The van der Waals surface area contributed by atoms with Gasteiger partial charge in [-0.2, -0.15) is 0 Å². The minimum atomic E-state index is -0.290. The first-order chi connectivity index (χ1) is 13.2. The Bertz CT molecular complexity index is 1030. The summed E-state index contributed by atoms with van der Waals surface area (Å²) in [5.41, 5.74) is 5.33. The summed E-state index contributed by atoms with van der Waals surface area (Å²) in [5.74, 6) is 1.54. The second-order valence-electron chi connectivity index (χ2n) is 6.32. The fourth-order valence-corrected chi connectivity index (χ4v) is 4.33. The number of nitrogens with zero attached hydrogens (tertiary/aromatic N) is 1. The van der Waals surface area contributed by atoms with Crippen molar-refractivity contribution >= 4 is 21.6 Å². The van der Waals surface area contributed by atoms with Gasteiger partial charge in [-0.25, -0.2) is 0 Å². The van der Waals surface area contributed by atoms with E-state index in [1.54, 1.807) is 14.0 Å². The van der Waals surface area contributed by atoms with Crippen molar-refractivity contribution in [2.45, 2.75) is 13.0 Å². The third-order valence-electron chi connectivity index (χ3n) is 4.81. The Hall–Kier alpha value is -2.79. The van der Waals surface area contributed by atoms with E-state index in [4.69, 9.17) is 9.47 Å². The van der Waals surface area contributed by atoms with Gasteiger partial charge in [-0.1, -0.05) is 53.7 Å². The highest BCUT2D eigenvalue weighted by molar-refractivity contribution is 9.10. The van der Waals surface area contributed by atoms with Gasteiger partial charge in [0.1, 0.15) is 11.5 Å². The summed E-state index contributed by atoms with van der Waals surface area (Å²) >= 11 is 3.73. The molecule has 0 aromatic heterocycles. The summed E-state index contributed by atoms with van der Waals surface area (Å²) < 4.78 is 12.9. The van der Waals surface area contributed by atoms with Crippen molar-refractivity contribution in [2.75, 3.05) is 7.11 Å². The minimum Gasteiger partial charge on any atom is -0.496 e. The molecule has 0 bridgehead atoms. The molecular formula is C22H18BrNO3. The monoisotopic (exact) mass is 423 g/mol. The predicted octanol–water partition coefficient (Wildman–Crippen LogP) is 5.80. The topological polar surface area (TPSA) is 51.0 Å². The summed E-state index contributed by atoms with van der Waals surface area (Å²) in [5, 5.41) is 12.6. The Morgan fingerprint density at radius 3 is 2.56 bits per heavy atom. The minimum absolute atomic E-state index is 0.290. The Morgan fingerprint density at radius 1 is 1.07 bits per heavy atom. The van der Waals surface area contributed by atoms with E-state index >= 15 is 0 Å². The van der Waals surface area contributed by atoms with E-state index in [1.807, 2.05) is 60.7 Å². The van der Waals surface area contributed by atoms with E-state index in [0.29, 0.717) is 5.71 Å². The molecule has 0 radical (unpaired) electrons. The van der Waals surface area contributed by atoms with Crippen LogP contribution in [0.15, 0.2) is 70.3 Å². The fourth-order valence-electron chi connectivity index (χ4n) is 3.49. The van der Waals surface area contributed by atoms with Gasteiger partial charge in [0.05, 0.1) is 18.4 Å². The Balaban J connectivity index is 2.03. The molecule has 3 aromatic rings. The lowest BCUT2D eigenvalue weighted by Gasteiger charge is -2.31. The number of hydrogen-bond donors (Lipinski definition) is 1. The number of methoxy groups -OCH3 is 1. The molecule has 1 aliphatic rings. The molecule has 27 heavy (non-hydrogen) atoms. The average Bonchev–Trinajstić information content (AvgIpc) is 2.72. The van der Waals surface area contributed by atoms with Crippen molar-refractivity contribution in [3.8, 4) is 22.6 Å². The molecule has 0 aliphatic carbocycles. The van der Waals surface area contributed by atoms with Gasteiger partial charge < -0.3 is 14.7 Å². The zero-order valence-electron chi connectivity index (χ0n) is 14.9. The SMILES string of the molecule is COc1cccc2c1-c1ccc(/C(C)=N/O)c(Br)c1C(c1ccccc1)O2. The molecule has 136 valence electrons. The first-order valence-corrected chi connectivity index (χ1v) is 9.35. The number of rotatable bonds is 3. The van der Waals surface area contributed by atoms with E-state index in [0.717, 1.165) is 43.8 Å². The maximum atomic E-state index is 9.26. The van der Waals surface area contributed by atoms with E-state index < -0.39 is 0 Å². The highest BCUT2D eigenvalue weighted by Gasteiger charge is 2.32. The van der Waals surface area contributed by atoms with Crippen LogP contribution in [-0.2, 0) is 0 Å². The van der Waals surface area contributed by atoms with Crippen LogP contribution >= 0.6 is 15.9 Å². The van der Waals surface area contributed by atoms with Crippen molar-refractivity contribution in [3.63, 3.8) is 0 Å². The summed E-state index contributed by atoms with van der Waals surface area (Å²) in [6.45, 7) is 1.77. The number of hydrogen-bond acceptors (Lipinski definition) is 4. The Morgan fingerprint density at radius 2 is 1.85 bits per heavy atom. The van der Waals surface area contributed by atoms with E-state index in [2.05, 4.69) is 21.1 Å². The van der Waals surface area contributed by atoms with Crippen molar-refractivity contribution in [2.24, 2.45) is 5.16 Å². The maximum Gasteiger partial charge on any atom is 0.151 e. The van der Waals surface area contributed by atoms with Crippen LogP contribution in [0.4, 0.5) is 0 Å². The van der Waals surface area contributed by atoms with Gasteiger partial charge in [0.2, 0.25) is 0 Å². The molecule has 0 saturated heterocycles. The average molecular weight is 424 g/mol. The van der Waals surface area contributed by atoms with E-state index in [1.165, 1.54) is 0 Å². The normalized spacial score (nSPS) is 15.5. The number of fused-ring (bicyclic) bond motifs is 3. The van der Waals surface area contributed by atoms with Gasteiger partial charge in [-0.05, 0) is 46.1 Å². The second-order valence-corrected chi connectivity index (χ2v) is 7.11. The molecule has 4 rings (SSSR count). The van der Waals surface area contributed by atoms with Gasteiger partial charge in [0.25, 0.3) is 0 Å². The van der Waals surface area contributed by atoms with Crippen LogP contribution in [0.1, 0.15) is 29.7 Å². The third-order valence-corrected chi connectivity index (χ3v) is 5.66. The molecule has 1 heterocycles. The van der Waals surface area contributed by atoms with Crippen molar-refractivity contribution in [1.82, 2.24) is 0 Å². The molecule has 1 aliphatic heterocycles. The molecule has 1 atom stereocenters. The molecule has 0 amide bonds. The molecule has 0 saturated carbocycles. The summed E-state index contributed by atoms with van der Waals surface area (Å²) in [6, 6.07) is 19.9. The van der Waals surface area contributed by atoms with Crippen molar-refractivity contribution in [3.05, 3.63) is 81.8 Å². The Kier molecular flexibility index (Phi) is 4.62. The number of halogens is 1. The first-order valence-electron chi connectivity index (χ1n) is 8.56. The Labute approximate surface area is 166 Å². The van der Waals surface area contributed by atoms with Crippen molar-refractivity contribution < 1.29 is 14.7 Å². The number of oxime groups is 1. The van der Waals surface area contributed by atoms with Gasteiger partial charge >= 0.3 is 0 Å². The zero-order valence-corrected chi connectivity index (χ0v) is 16.5. The maximum absolute atomic E-state index is 9.26. The van der Waals surface area contributed by atoms with Gasteiger partial charge in [0.15, 0.2) is 6.10 Å². The van der Waals surface area contributed by atoms with Crippen LogP contribution in [-0.4, -0.2) is 18.0 Å². The zero-order chi connectivity index (χ0) is 19.0. The van der Waals surface area contributed by atoms with Crippen LogP contribution in [0.25, 0.3) is 11.1 Å². The van der Waals surface area contributed by atoms with Crippen LogP contribution in [0.5, 0.6) is 11.5 Å². The largest absolute Gasteiger partial charge is 0.496 e. The molecule has 0 spiro atoms. The molecular weight excluding hydrogens is 406 g/mol. The highest BCUT2D eigenvalue weighted by atomic mass is 79.9. The van der Waals surface area contributed by atoms with Crippen LogP contribution in [0.3, 0.4) is 0 Å². The summed E-state index contributed by atoms with van der Waals surface area (Å²) in [7, 11) is 1.66. The van der Waals surface area contributed by atoms with Crippen LogP contribution in [0, 0.1) is 0 Å². The van der Waals surface area contributed by atoms with Crippen LogP contribution in [0.2, 0.25) is 0 Å². The second kappa shape index (κ2) is 7.08. The van der Waals surface area contributed by atoms with E-state index in [-0.39, 0.29) is 6.10 Å². The van der Waals surface area contributed by atoms with Gasteiger partial charge in [0, 0.05) is 15.6 Å². The molecule has 5 heteroatoms. The highest BCUT2D eigenvalue weighted by Crippen LogP contribution is 2.51. The molecule has 1 N–H and O–H groups in total. The lowest BCUT2D eigenvalue weighted by molar-refractivity contribution is 0.241. The molecule has 1 unspecified atom stereocenters. The fraction of sp³-hybridized carbons (Fsp3) is 0.136. The lowest BCUT2D eigenvalue weighted by atomic mass is 9.87. The molecule has 0 fully saturated rings. The quantitative estimate of drug-likeness (QED) is 0.328. The van der Waals surface area contributed by atoms with Crippen molar-refractivity contribution in [1.29, 1.82) is 0 Å². The number of benzene rings is 3. The number of ether oxygens (including phenoxy) is 2. The summed E-state index contributed by atoms with van der Waals surface area (Å²) in [6.07, 6.45) is -0.290. The van der Waals surface area contributed by atoms with E-state index in [9.17, 15) is 5.21 Å². The van der Waals surface area contributed by atoms with Gasteiger partial charge in [-0.3, -0.25) is 0 Å². The first kappa shape index (κ1) is 17.6. The smallest absolute Gasteiger partial charge is 0.151 e. The standard InChI is InChI=1S/C22H18BrNO3/c1-13(24-25)15-11-12-16-19-17(26-2)9-6-10-18(19)27-22(20(16)21(15)23)14-7-4-3-5-8-14/h3-12,22,25H,1-2H3/b24-13+. The predicted molar refractivity (Wildman–Crippen MR) is 109 cm³/mol. The van der Waals surface area contributed by atoms with Gasteiger partial charge in [-0.15, -0.1) is 0 Å².